The number of nitrogens with zero attached hydrogens (tertiary/aromatic N) is 4. The lowest BCUT2D eigenvalue weighted by Crippen LogP contribution is -2.02. The van der Waals surface area contributed by atoms with Gasteiger partial charge in [0.1, 0.15) is 17.0 Å². The smallest absolute Gasteiger partial charge is 0.198 e. The van der Waals surface area contributed by atoms with Gasteiger partial charge in [-0.2, -0.15) is 0 Å². The molecule has 0 spiro atoms. The zero-order valence-electron chi connectivity index (χ0n) is 14.7. The number of hydrogen-bond donors (Lipinski definition) is 0. The number of benzene rings is 1. The summed E-state index contributed by atoms with van der Waals surface area (Å²) in [5.74, 6) is 1.39. The highest BCUT2D eigenvalue weighted by atomic mass is 32.2. The highest BCUT2D eigenvalue weighted by Crippen LogP contribution is 2.28. The predicted octanol–water partition coefficient (Wildman–Crippen LogP) is 3.78. The predicted molar refractivity (Wildman–Crippen MR) is 102 cm³/mol. The van der Waals surface area contributed by atoms with Gasteiger partial charge in [0.25, 0.3) is 0 Å². The molecule has 0 saturated carbocycles. The Kier molecular flexibility index (Phi) is 4.64. The monoisotopic (exact) mass is 380 g/mol. The molecular formula is C19H16N4O3S. The van der Waals surface area contributed by atoms with Crippen LogP contribution in [0.25, 0.3) is 22.6 Å². The van der Waals surface area contributed by atoms with E-state index in [1.54, 1.807) is 25.8 Å². The van der Waals surface area contributed by atoms with Crippen LogP contribution >= 0.6 is 11.8 Å². The first-order chi connectivity index (χ1) is 13.1. The van der Waals surface area contributed by atoms with E-state index in [2.05, 4.69) is 15.0 Å². The summed E-state index contributed by atoms with van der Waals surface area (Å²) in [5, 5.41) is 0.291. The van der Waals surface area contributed by atoms with Crippen molar-refractivity contribution in [1.29, 1.82) is 0 Å². The fourth-order valence-electron chi connectivity index (χ4n) is 2.73. The summed E-state index contributed by atoms with van der Waals surface area (Å²) in [6.07, 6.45) is 3.30. The Morgan fingerprint density at radius 1 is 1.22 bits per heavy atom. The van der Waals surface area contributed by atoms with Crippen LogP contribution in [0.1, 0.15) is 12.5 Å². The first-order valence-electron chi connectivity index (χ1n) is 8.22. The molecule has 3 aromatic heterocycles. The SMILES string of the molecule is COc1ccc(Cn2cnc3c(-c4ccco4)nc(SC(C)=O)nc32)cc1. The zero-order valence-corrected chi connectivity index (χ0v) is 15.6. The topological polar surface area (TPSA) is 83.0 Å². The summed E-state index contributed by atoms with van der Waals surface area (Å²) in [5.41, 5.74) is 2.93. The minimum atomic E-state index is -0.0824. The number of methoxy groups -OCH3 is 1. The Morgan fingerprint density at radius 3 is 2.70 bits per heavy atom. The average Bonchev–Trinajstić information content (AvgIpc) is 3.32. The van der Waals surface area contributed by atoms with Crippen molar-refractivity contribution in [3.63, 3.8) is 0 Å². The molecule has 7 nitrogen and oxygen atoms in total. The van der Waals surface area contributed by atoms with E-state index in [0.717, 1.165) is 23.1 Å². The number of furan rings is 1. The van der Waals surface area contributed by atoms with Crippen LogP contribution in [0.4, 0.5) is 0 Å². The van der Waals surface area contributed by atoms with E-state index in [0.29, 0.717) is 34.3 Å². The van der Waals surface area contributed by atoms with E-state index in [1.807, 2.05) is 34.9 Å². The van der Waals surface area contributed by atoms with Crippen LogP contribution < -0.4 is 4.74 Å². The Labute approximate surface area is 159 Å². The van der Waals surface area contributed by atoms with E-state index >= 15 is 0 Å². The molecule has 4 aromatic rings. The van der Waals surface area contributed by atoms with E-state index in [1.165, 1.54) is 6.92 Å². The van der Waals surface area contributed by atoms with Crippen molar-refractivity contribution in [2.75, 3.05) is 7.11 Å². The van der Waals surface area contributed by atoms with Crippen molar-refractivity contribution < 1.29 is 13.9 Å². The minimum absolute atomic E-state index is 0.0824. The highest BCUT2D eigenvalue weighted by molar-refractivity contribution is 8.13. The van der Waals surface area contributed by atoms with E-state index < -0.39 is 0 Å². The molecule has 0 aliphatic heterocycles. The fourth-order valence-corrected chi connectivity index (χ4v) is 3.25. The van der Waals surface area contributed by atoms with Crippen molar-refractivity contribution in [2.45, 2.75) is 18.6 Å². The van der Waals surface area contributed by atoms with Crippen LogP contribution in [0.2, 0.25) is 0 Å². The largest absolute Gasteiger partial charge is 0.497 e. The number of carbonyl (C=O) groups is 1. The second-order valence-electron chi connectivity index (χ2n) is 5.82. The maximum atomic E-state index is 11.5. The first kappa shape index (κ1) is 17.3. The zero-order chi connectivity index (χ0) is 18.8. The third-order valence-corrected chi connectivity index (χ3v) is 4.60. The van der Waals surface area contributed by atoms with Crippen molar-refractivity contribution in [2.24, 2.45) is 0 Å². The molecule has 0 aliphatic carbocycles. The molecular weight excluding hydrogens is 364 g/mol. The Balaban J connectivity index is 1.79. The summed E-state index contributed by atoms with van der Waals surface area (Å²) in [4.78, 5) is 25.0. The van der Waals surface area contributed by atoms with Crippen LogP contribution in [-0.2, 0) is 11.3 Å². The van der Waals surface area contributed by atoms with E-state index in [9.17, 15) is 4.79 Å². The van der Waals surface area contributed by atoms with Crippen molar-refractivity contribution in [3.8, 4) is 17.2 Å². The van der Waals surface area contributed by atoms with Gasteiger partial charge in [0.2, 0.25) is 0 Å². The Morgan fingerprint density at radius 2 is 2.04 bits per heavy atom. The summed E-state index contributed by atoms with van der Waals surface area (Å²) in [6, 6.07) is 11.4. The van der Waals surface area contributed by atoms with Gasteiger partial charge in [0.15, 0.2) is 21.7 Å². The molecule has 0 unspecified atom stereocenters. The summed E-state index contributed by atoms with van der Waals surface area (Å²) in [6.45, 7) is 2.07. The molecule has 0 fully saturated rings. The van der Waals surface area contributed by atoms with Gasteiger partial charge in [-0.3, -0.25) is 4.79 Å². The van der Waals surface area contributed by atoms with Crippen LogP contribution in [0, 0.1) is 0 Å². The summed E-state index contributed by atoms with van der Waals surface area (Å²) >= 11 is 0.988. The van der Waals surface area contributed by atoms with Gasteiger partial charge >= 0.3 is 0 Å². The lowest BCUT2D eigenvalue weighted by Gasteiger charge is -2.07. The average molecular weight is 380 g/mol. The van der Waals surface area contributed by atoms with Crippen LogP contribution in [-0.4, -0.2) is 31.7 Å². The van der Waals surface area contributed by atoms with Gasteiger partial charge in [0, 0.05) is 6.92 Å². The number of fused-ring (bicyclic) bond motifs is 1. The number of hydrogen-bond acceptors (Lipinski definition) is 7. The molecule has 0 amide bonds. The van der Waals surface area contributed by atoms with Gasteiger partial charge in [0.05, 0.1) is 26.2 Å². The molecule has 0 aliphatic rings. The number of carbonyl (C=O) groups excluding carboxylic acids is 1. The highest BCUT2D eigenvalue weighted by Gasteiger charge is 2.18. The third-order valence-electron chi connectivity index (χ3n) is 3.94. The number of aromatic nitrogens is 4. The lowest BCUT2D eigenvalue weighted by molar-refractivity contribution is -0.109. The van der Waals surface area contributed by atoms with Crippen molar-refractivity contribution in [1.82, 2.24) is 19.5 Å². The van der Waals surface area contributed by atoms with Gasteiger partial charge in [-0.25, -0.2) is 15.0 Å². The van der Waals surface area contributed by atoms with Gasteiger partial charge < -0.3 is 13.7 Å². The fraction of sp³-hybridized carbons (Fsp3) is 0.158. The second kappa shape index (κ2) is 7.24. The number of imidazole rings is 1. The maximum Gasteiger partial charge on any atom is 0.198 e. The summed E-state index contributed by atoms with van der Waals surface area (Å²) < 4.78 is 12.6. The van der Waals surface area contributed by atoms with Gasteiger partial charge in [-0.05, 0) is 41.6 Å². The molecule has 0 N–H and O–H groups in total. The van der Waals surface area contributed by atoms with Gasteiger partial charge in [-0.1, -0.05) is 12.1 Å². The Hall–Kier alpha value is -3.13. The lowest BCUT2D eigenvalue weighted by atomic mass is 10.2. The molecule has 0 bridgehead atoms. The van der Waals surface area contributed by atoms with Crippen molar-refractivity contribution in [3.05, 3.63) is 54.6 Å². The number of thioether (sulfide) groups is 1. The summed E-state index contributed by atoms with van der Waals surface area (Å²) in [7, 11) is 1.64. The van der Waals surface area contributed by atoms with Crippen LogP contribution in [0.3, 0.4) is 0 Å². The standard InChI is InChI=1S/C19H16N4O3S/c1-12(24)27-19-21-16(15-4-3-9-26-15)17-18(22-19)23(11-20-17)10-13-5-7-14(25-2)8-6-13/h3-9,11H,10H2,1-2H3. The molecule has 0 radical (unpaired) electrons. The maximum absolute atomic E-state index is 11.5. The molecule has 3 heterocycles. The van der Waals surface area contributed by atoms with E-state index in [-0.39, 0.29) is 5.12 Å². The molecule has 8 heteroatoms. The quantitative estimate of drug-likeness (QED) is 0.385. The molecule has 0 atom stereocenters. The first-order valence-corrected chi connectivity index (χ1v) is 9.04. The third kappa shape index (κ3) is 3.56. The van der Waals surface area contributed by atoms with Crippen molar-refractivity contribution >= 4 is 28.0 Å². The molecule has 1 aromatic carbocycles. The normalized spacial score (nSPS) is 11.0. The van der Waals surface area contributed by atoms with Crippen LogP contribution in [0.5, 0.6) is 5.75 Å². The van der Waals surface area contributed by atoms with Crippen LogP contribution in [0.15, 0.2) is 58.6 Å². The minimum Gasteiger partial charge on any atom is -0.497 e. The molecule has 27 heavy (non-hydrogen) atoms. The second-order valence-corrected chi connectivity index (χ2v) is 6.96. The number of rotatable bonds is 5. The number of ether oxygens (including phenoxy) is 1. The molecule has 136 valence electrons. The Bertz CT molecular complexity index is 1090. The molecule has 0 saturated heterocycles. The molecule has 4 rings (SSSR count). The van der Waals surface area contributed by atoms with Gasteiger partial charge in [-0.15, -0.1) is 0 Å². The van der Waals surface area contributed by atoms with E-state index in [4.69, 9.17) is 9.15 Å².